The SMILES string of the molecule is COc1ccc(C=CC=NC(C#N)=C(N)C#N)cc1. The molecule has 5 heteroatoms. The van der Waals surface area contributed by atoms with E-state index >= 15 is 0 Å². The maximum atomic E-state index is 8.71. The fraction of sp³-hybridized carbons (Fsp3) is 0.0714. The molecule has 0 spiro atoms. The first-order valence-corrected chi connectivity index (χ1v) is 5.36. The van der Waals surface area contributed by atoms with Crippen LogP contribution >= 0.6 is 0 Å². The van der Waals surface area contributed by atoms with Gasteiger partial charge in [0, 0.05) is 6.21 Å². The first kappa shape index (κ1) is 14.0. The van der Waals surface area contributed by atoms with Crippen molar-refractivity contribution in [3.63, 3.8) is 0 Å². The van der Waals surface area contributed by atoms with Gasteiger partial charge >= 0.3 is 0 Å². The molecule has 5 nitrogen and oxygen atoms in total. The minimum absolute atomic E-state index is 0.0955. The lowest BCUT2D eigenvalue weighted by Crippen LogP contribution is -1.97. The Labute approximate surface area is 111 Å². The summed E-state index contributed by atoms with van der Waals surface area (Å²) >= 11 is 0. The first-order valence-electron chi connectivity index (χ1n) is 5.36. The van der Waals surface area contributed by atoms with Gasteiger partial charge in [-0.05, 0) is 23.8 Å². The number of benzene rings is 1. The number of methoxy groups -OCH3 is 1. The van der Waals surface area contributed by atoms with Gasteiger partial charge in [-0.2, -0.15) is 10.5 Å². The normalized spacial score (nSPS) is 11.9. The molecule has 0 amide bonds. The number of allylic oxidation sites excluding steroid dienone is 3. The molecule has 1 rings (SSSR count). The number of ether oxygens (including phenoxy) is 1. The Hall–Kier alpha value is -3.05. The second-order valence-electron chi connectivity index (χ2n) is 3.40. The number of hydrogen-bond donors (Lipinski definition) is 1. The van der Waals surface area contributed by atoms with Crippen molar-refractivity contribution >= 4 is 12.3 Å². The number of nitrogens with zero attached hydrogens (tertiary/aromatic N) is 3. The summed E-state index contributed by atoms with van der Waals surface area (Å²) < 4.78 is 5.04. The van der Waals surface area contributed by atoms with Crippen molar-refractivity contribution in [2.24, 2.45) is 10.7 Å². The Morgan fingerprint density at radius 2 is 1.95 bits per heavy atom. The van der Waals surface area contributed by atoms with Crippen LogP contribution in [0.1, 0.15) is 5.56 Å². The van der Waals surface area contributed by atoms with E-state index in [4.69, 9.17) is 21.0 Å². The maximum absolute atomic E-state index is 8.71. The quantitative estimate of drug-likeness (QED) is 0.654. The van der Waals surface area contributed by atoms with Gasteiger partial charge in [-0.1, -0.05) is 18.2 Å². The Kier molecular flexibility index (Phi) is 5.39. The largest absolute Gasteiger partial charge is 0.497 e. The molecule has 0 aliphatic rings. The summed E-state index contributed by atoms with van der Waals surface area (Å²) in [6, 6.07) is 10.9. The highest BCUT2D eigenvalue weighted by molar-refractivity contribution is 5.79. The van der Waals surface area contributed by atoms with Gasteiger partial charge in [0.1, 0.15) is 23.6 Å². The highest BCUT2D eigenvalue weighted by Gasteiger charge is 1.96. The van der Waals surface area contributed by atoms with Gasteiger partial charge in [-0.15, -0.1) is 0 Å². The molecule has 0 aromatic heterocycles. The lowest BCUT2D eigenvalue weighted by atomic mass is 10.2. The second kappa shape index (κ2) is 7.31. The standard InChI is InChI=1S/C14H12N4O/c1-19-12-6-4-11(5-7-12)3-2-8-18-14(10-16)13(17)9-15/h2-8H,17H2,1H3. The second-order valence-corrected chi connectivity index (χ2v) is 3.40. The van der Waals surface area contributed by atoms with E-state index in [0.29, 0.717) is 0 Å². The average Bonchev–Trinajstić information content (AvgIpc) is 2.47. The van der Waals surface area contributed by atoms with Crippen LogP contribution in [0.5, 0.6) is 5.75 Å². The molecule has 19 heavy (non-hydrogen) atoms. The fourth-order valence-corrected chi connectivity index (χ4v) is 1.20. The van der Waals surface area contributed by atoms with Crippen molar-refractivity contribution in [3.05, 3.63) is 47.3 Å². The molecule has 0 heterocycles. The number of hydrogen-bond acceptors (Lipinski definition) is 5. The smallest absolute Gasteiger partial charge is 0.174 e. The number of nitrogens with two attached hydrogens (primary N) is 1. The molecule has 0 unspecified atom stereocenters. The molecule has 0 atom stereocenters. The minimum Gasteiger partial charge on any atom is -0.497 e. The molecule has 0 saturated heterocycles. The lowest BCUT2D eigenvalue weighted by Gasteiger charge is -1.98. The van der Waals surface area contributed by atoms with Crippen molar-refractivity contribution < 1.29 is 4.74 Å². The third kappa shape index (κ3) is 4.37. The Bertz CT molecular complexity index is 598. The topological polar surface area (TPSA) is 95.2 Å². The van der Waals surface area contributed by atoms with Gasteiger partial charge in [-0.3, -0.25) is 0 Å². The van der Waals surface area contributed by atoms with Gasteiger partial charge in [0.2, 0.25) is 0 Å². The summed E-state index contributed by atoms with van der Waals surface area (Å²) in [4.78, 5) is 3.80. The van der Waals surface area contributed by atoms with Crippen molar-refractivity contribution in [2.75, 3.05) is 7.11 Å². The van der Waals surface area contributed by atoms with Crippen LogP contribution in [0, 0.1) is 22.7 Å². The molecule has 0 aliphatic heterocycles. The van der Waals surface area contributed by atoms with E-state index in [1.807, 2.05) is 24.3 Å². The van der Waals surface area contributed by atoms with Crippen molar-refractivity contribution in [2.45, 2.75) is 0 Å². The Morgan fingerprint density at radius 3 is 2.47 bits per heavy atom. The molecule has 0 radical (unpaired) electrons. The Morgan fingerprint density at radius 1 is 1.26 bits per heavy atom. The van der Waals surface area contributed by atoms with Crippen LogP contribution in [0.25, 0.3) is 6.08 Å². The van der Waals surface area contributed by atoms with Crippen LogP contribution in [-0.2, 0) is 0 Å². The summed E-state index contributed by atoms with van der Waals surface area (Å²) in [5.41, 5.74) is 5.97. The molecule has 0 aliphatic carbocycles. The summed E-state index contributed by atoms with van der Waals surface area (Å²) in [6.07, 6.45) is 4.87. The van der Waals surface area contributed by atoms with E-state index in [0.717, 1.165) is 11.3 Å². The molecule has 1 aromatic carbocycles. The molecule has 2 N–H and O–H groups in total. The van der Waals surface area contributed by atoms with Crippen molar-refractivity contribution in [1.82, 2.24) is 0 Å². The number of nitriles is 2. The van der Waals surface area contributed by atoms with Crippen LogP contribution < -0.4 is 10.5 Å². The van der Waals surface area contributed by atoms with Gasteiger partial charge < -0.3 is 10.5 Å². The summed E-state index contributed by atoms with van der Waals surface area (Å²) in [5, 5.41) is 17.2. The third-order valence-electron chi connectivity index (χ3n) is 2.18. The first-order chi connectivity index (χ1) is 9.21. The zero-order chi connectivity index (χ0) is 14.1. The molecule has 0 fully saturated rings. The summed E-state index contributed by atoms with van der Waals surface area (Å²) in [7, 11) is 1.60. The monoisotopic (exact) mass is 252 g/mol. The summed E-state index contributed by atoms with van der Waals surface area (Å²) in [6.45, 7) is 0. The van der Waals surface area contributed by atoms with Crippen molar-refractivity contribution in [3.8, 4) is 17.9 Å². The van der Waals surface area contributed by atoms with Crippen LogP contribution in [0.2, 0.25) is 0 Å². The van der Waals surface area contributed by atoms with Gasteiger partial charge in [0.05, 0.1) is 7.11 Å². The molecular weight excluding hydrogens is 240 g/mol. The molecule has 0 saturated carbocycles. The fourth-order valence-electron chi connectivity index (χ4n) is 1.20. The van der Waals surface area contributed by atoms with Gasteiger partial charge in [0.15, 0.2) is 5.70 Å². The summed E-state index contributed by atoms with van der Waals surface area (Å²) in [5.74, 6) is 0.780. The highest BCUT2D eigenvalue weighted by atomic mass is 16.5. The number of aliphatic imine (C=N–C) groups is 1. The van der Waals surface area contributed by atoms with Crippen LogP contribution in [0.15, 0.2) is 46.7 Å². The van der Waals surface area contributed by atoms with Gasteiger partial charge in [-0.25, -0.2) is 4.99 Å². The van der Waals surface area contributed by atoms with E-state index in [2.05, 4.69) is 4.99 Å². The molecule has 1 aromatic rings. The maximum Gasteiger partial charge on any atom is 0.174 e. The molecule has 0 bridgehead atoms. The van der Waals surface area contributed by atoms with E-state index in [1.54, 1.807) is 31.4 Å². The predicted molar refractivity (Wildman–Crippen MR) is 73.0 cm³/mol. The van der Waals surface area contributed by atoms with E-state index in [-0.39, 0.29) is 11.4 Å². The minimum atomic E-state index is -0.198. The molecule has 94 valence electrons. The average molecular weight is 252 g/mol. The lowest BCUT2D eigenvalue weighted by molar-refractivity contribution is 0.415. The van der Waals surface area contributed by atoms with Crippen molar-refractivity contribution in [1.29, 1.82) is 10.5 Å². The predicted octanol–water partition coefficient (Wildman–Crippen LogP) is 2.00. The van der Waals surface area contributed by atoms with E-state index in [1.165, 1.54) is 6.21 Å². The molecular formula is C14H12N4O. The van der Waals surface area contributed by atoms with E-state index < -0.39 is 0 Å². The zero-order valence-corrected chi connectivity index (χ0v) is 10.4. The number of rotatable bonds is 4. The zero-order valence-electron chi connectivity index (χ0n) is 10.4. The van der Waals surface area contributed by atoms with Crippen LogP contribution in [0.3, 0.4) is 0 Å². The Balaban J connectivity index is 2.73. The van der Waals surface area contributed by atoms with Gasteiger partial charge in [0.25, 0.3) is 0 Å². The van der Waals surface area contributed by atoms with E-state index in [9.17, 15) is 0 Å². The highest BCUT2D eigenvalue weighted by Crippen LogP contribution is 2.11. The van der Waals surface area contributed by atoms with Crippen LogP contribution in [0.4, 0.5) is 0 Å². The van der Waals surface area contributed by atoms with Crippen LogP contribution in [-0.4, -0.2) is 13.3 Å². The third-order valence-corrected chi connectivity index (χ3v) is 2.18.